The van der Waals surface area contributed by atoms with Gasteiger partial charge < -0.3 is 9.84 Å². The molecule has 3 nitrogen and oxygen atoms in total. The zero-order valence-electron chi connectivity index (χ0n) is 9.60. The molecule has 2 heterocycles. The van der Waals surface area contributed by atoms with Crippen LogP contribution >= 0.6 is 11.6 Å². The van der Waals surface area contributed by atoms with Crippen molar-refractivity contribution < 1.29 is 9.84 Å². The Bertz CT molecular complexity index is 420. The first-order valence-corrected chi connectivity index (χ1v) is 6.54. The predicted molar refractivity (Wildman–Crippen MR) is 65.4 cm³/mol. The highest BCUT2D eigenvalue weighted by Gasteiger charge is 2.33. The van der Waals surface area contributed by atoms with Gasteiger partial charge in [0.05, 0.1) is 17.7 Å². The van der Waals surface area contributed by atoms with Crippen molar-refractivity contribution in [2.75, 3.05) is 13.2 Å². The van der Waals surface area contributed by atoms with E-state index in [0.29, 0.717) is 24.2 Å². The molecule has 4 heteroatoms. The number of rotatable bonds is 2. The van der Waals surface area contributed by atoms with Crippen molar-refractivity contribution in [2.45, 2.75) is 37.2 Å². The minimum absolute atomic E-state index is 0.130. The second kappa shape index (κ2) is 4.56. The number of aromatic nitrogens is 1. The largest absolute Gasteiger partial charge is 0.390 e. The third-order valence-electron chi connectivity index (χ3n) is 3.61. The van der Waals surface area contributed by atoms with Crippen molar-refractivity contribution >= 4 is 11.6 Å². The first-order chi connectivity index (χ1) is 8.25. The number of halogens is 1. The van der Waals surface area contributed by atoms with E-state index in [9.17, 15) is 5.11 Å². The lowest BCUT2D eigenvalue weighted by molar-refractivity contribution is -0.0207. The quantitative estimate of drug-likeness (QED) is 0.881. The summed E-state index contributed by atoms with van der Waals surface area (Å²) in [5, 5.41) is 10.7. The maximum absolute atomic E-state index is 10.0. The molecule has 1 N–H and O–H groups in total. The zero-order valence-corrected chi connectivity index (χ0v) is 10.4. The van der Waals surface area contributed by atoms with E-state index in [1.165, 1.54) is 12.8 Å². The molecule has 1 saturated heterocycles. The maximum atomic E-state index is 10.0. The van der Waals surface area contributed by atoms with E-state index in [2.05, 4.69) is 4.98 Å². The van der Waals surface area contributed by atoms with Crippen LogP contribution in [0.4, 0.5) is 0 Å². The van der Waals surface area contributed by atoms with Crippen LogP contribution in [0.5, 0.6) is 0 Å². The molecule has 1 aromatic rings. The molecule has 2 atom stereocenters. The molecule has 0 amide bonds. The van der Waals surface area contributed by atoms with E-state index in [1.807, 2.05) is 6.07 Å². The van der Waals surface area contributed by atoms with Crippen LogP contribution in [0.1, 0.15) is 42.4 Å². The van der Waals surface area contributed by atoms with Gasteiger partial charge >= 0.3 is 0 Å². The van der Waals surface area contributed by atoms with Crippen LogP contribution < -0.4 is 0 Å². The Morgan fingerprint density at radius 2 is 2.18 bits per heavy atom. The number of aliphatic hydroxyl groups is 1. The molecule has 0 bridgehead atoms. The van der Waals surface area contributed by atoms with Crippen molar-refractivity contribution in [2.24, 2.45) is 0 Å². The molecular formula is C13H16ClNO2. The number of ether oxygens (including phenoxy) is 1. The van der Waals surface area contributed by atoms with Crippen LogP contribution in [0.15, 0.2) is 12.3 Å². The molecule has 0 radical (unpaired) electrons. The van der Waals surface area contributed by atoms with Crippen LogP contribution in [0.3, 0.4) is 0 Å². The molecule has 1 saturated carbocycles. The number of aliphatic hydroxyl groups excluding tert-OH is 1. The molecule has 3 rings (SSSR count). The van der Waals surface area contributed by atoms with Crippen molar-refractivity contribution in [3.05, 3.63) is 28.5 Å². The van der Waals surface area contributed by atoms with E-state index >= 15 is 0 Å². The molecular weight excluding hydrogens is 238 g/mol. The third-order valence-corrected chi connectivity index (χ3v) is 3.81. The SMILES string of the molecule is O[C@H]1COCCC1c1cc(Cl)cnc1C1CC1. The van der Waals surface area contributed by atoms with Gasteiger partial charge in [-0.1, -0.05) is 11.6 Å². The summed E-state index contributed by atoms with van der Waals surface area (Å²) < 4.78 is 5.28. The average molecular weight is 254 g/mol. The summed E-state index contributed by atoms with van der Waals surface area (Å²) in [6, 6.07) is 1.97. The third kappa shape index (κ3) is 2.32. The van der Waals surface area contributed by atoms with Gasteiger partial charge in [-0.3, -0.25) is 4.98 Å². The lowest BCUT2D eigenvalue weighted by atomic mass is 9.87. The lowest BCUT2D eigenvalue weighted by Crippen LogP contribution is -2.31. The molecule has 2 aliphatic rings. The smallest absolute Gasteiger partial charge is 0.0843 e. The fourth-order valence-corrected chi connectivity index (χ4v) is 2.71. The summed E-state index contributed by atoms with van der Waals surface area (Å²) >= 11 is 6.03. The minimum Gasteiger partial charge on any atom is -0.390 e. The Balaban J connectivity index is 1.96. The average Bonchev–Trinajstić information content (AvgIpc) is 3.13. The van der Waals surface area contributed by atoms with Crippen LogP contribution in [-0.2, 0) is 4.74 Å². The monoisotopic (exact) mass is 253 g/mol. The molecule has 92 valence electrons. The summed E-state index contributed by atoms with van der Waals surface area (Å²) in [6.45, 7) is 1.12. The Hall–Kier alpha value is -0.640. The van der Waals surface area contributed by atoms with E-state index in [1.54, 1.807) is 6.20 Å². The fraction of sp³-hybridized carbons (Fsp3) is 0.615. The summed E-state index contributed by atoms with van der Waals surface area (Å²) in [5.41, 5.74) is 2.27. The number of hydrogen-bond acceptors (Lipinski definition) is 3. The Labute approximate surface area is 106 Å². The number of hydrogen-bond donors (Lipinski definition) is 1. The Morgan fingerprint density at radius 1 is 1.35 bits per heavy atom. The standard InChI is InChI=1S/C13H16ClNO2/c14-9-5-11(10-3-4-17-7-12(10)16)13(15-6-9)8-1-2-8/h5-6,8,10,12,16H,1-4,7H2/t10?,12-/m0/s1. The summed E-state index contributed by atoms with van der Waals surface area (Å²) in [4.78, 5) is 4.47. The summed E-state index contributed by atoms with van der Waals surface area (Å²) in [7, 11) is 0. The van der Waals surface area contributed by atoms with E-state index in [4.69, 9.17) is 16.3 Å². The van der Waals surface area contributed by atoms with Crippen molar-refractivity contribution in [3.63, 3.8) is 0 Å². The minimum atomic E-state index is -0.429. The molecule has 0 aromatic carbocycles. The molecule has 17 heavy (non-hydrogen) atoms. The first kappa shape index (κ1) is 11.5. The Morgan fingerprint density at radius 3 is 2.88 bits per heavy atom. The van der Waals surface area contributed by atoms with Crippen molar-refractivity contribution in [3.8, 4) is 0 Å². The van der Waals surface area contributed by atoms with Gasteiger partial charge in [-0.05, 0) is 30.9 Å². The van der Waals surface area contributed by atoms with Gasteiger partial charge in [0.1, 0.15) is 0 Å². The summed E-state index contributed by atoms with van der Waals surface area (Å²) in [5.74, 6) is 0.711. The fourth-order valence-electron chi connectivity index (χ4n) is 2.55. The van der Waals surface area contributed by atoms with E-state index in [0.717, 1.165) is 17.7 Å². The molecule has 0 spiro atoms. The van der Waals surface area contributed by atoms with Gasteiger partial charge in [-0.2, -0.15) is 0 Å². The summed E-state index contributed by atoms with van der Waals surface area (Å²) in [6.07, 6.45) is 4.55. The van der Waals surface area contributed by atoms with Gasteiger partial charge in [-0.25, -0.2) is 0 Å². The lowest BCUT2D eigenvalue weighted by Gasteiger charge is -2.29. The van der Waals surface area contributed by atoms with Crippen LogP contribution in [0, 0.1) is 0 Å². The second-order valence-corrected chi connectivity index (χ2v) is 5.38. The van der Waals surface area contributed by atoms with Crippen LogP contribution in [0.2, 0.25) is 5.02 Å². The highest BCUT2D eigenvalue weighted by Crippen LogP contribution is 2.44. The van der Waals surface area contributed by atoms with E-state index < -0.39 is 6.10 Å². The number of nitrogens with zero attached hydrogens (tertiary/aromatic N) is 1. The number of pyridine rings is 1. The highest BCUT2D eigenvalue weighted by molar-refractivity contribution is 6.30. The van der Waals surface area contributed by atoms with Crippen LogP contribution in [0.25, 0.3) is 0 Å². The normalized spacial score (nSPS) is 29.3. The van der Waals surface area contributed by atoms with Crippen LogP contribution in [-0.4, -0.2) is 29.4 Å². The zero-order chi connectivity index (χ0) is 11.8. The van der Waals surface area contributed by atoms with Gasteiger partial charge in [0, 0.05) is 30.3 Å². The Kier molecular flexibility index (Phi) is 3.07. The predicted octanol–water partition coefficient (Wildman–Crippen LogP) is 2.48. The second-order valence-electron chi connectivity index (χ2n) is 4.94. The first-order valence-electron chi connectivity index (χ1n) is 6.17. The molecule has 2 fully saturated rings. The highest BCUT2D eigenvalue weighted by atomic mass is 35.5. The van der Waals surface area contributed by atoms with Crippen molar-refractivity contribution in [1.29, 1.82) is 0 Å². The molecule has 1 aliphatic heterocycles. The molecule has 1 unspecified atom stereocenters. The van der Waals surface area contributed by atoms with Gasteiger partial charge in [-0.15, -0.1) is 0 Å². The maximum Gasteiger partial charge on any atom is 0.0843 e. The molecule has 1 aliphatic carbocycles. The van der Waals surface area contributed by atoms with Gasteiger partial charge in [0.25, 0.3) is 0 Å². The van der Waals surface area contributed by atoms with Gasteiger partial charge in [0.15, 0.2) is 0 Å². The van der Waals surface area contributed by atoms with Gasteiger partial charge in [0.2, 0.25) is 0 Å². The topological polar surface area (TPSA) is 42.4 Å². The molecule has 1 aromatic heterocycles. The van der Waals surface area contributed by atoms with Crippen molar-refractivity contribution in [1.82, 2.24) is 4.98 Å². The van der Waals surface area contributed by atoms with E-state index in [-0.39, 0.29) is 5.92 Å².